The van der Waals surface area contributed by atoms with Gasteiger partial charge in [-0.25, -0.2) is 0 Å². The van der Waals surface area contributed by atoms with Gasteiger partial charge in [0.25, 0.3) is 0 Å². The van der Waals surface area contributed by atoms with Crippen LogP contribution in [0, 0.1) is 0 Å². The van der Waals surface area contributed by atoms with Crippen molar-refractivity contribution in [3.63, 3.8) is 0 Å². The average Bonchev–Trinajstić information content (AvgIpc) is 2.62. The Morgan fingerprint density at radius 1 is 0.583 bits per heavy atom. The molecular weight excluding hydrogens is 296 g/mol. The van der Waals surface area contributed by atoms with Gasteiger partial charge in [0.1, 0.15) is 0 Å². The van der Waals surface area contributed by atoms with Crippen LogP contribution < -0.4 is 21.3 Å². The molecule has 0 spiro atoms. The summed E-state index contributed by atoms with van der Waals surface area (Å²) >= 11 is 0. The fraction of sp³-hybridized carbons (Fsp3) is 0.700. The van der Waals surface area contributed by atoms with Crippen LogP contribution in [0.1, 0.15) is 49.7 Å². The first kappa shape index (κ1) is 17.9. The van der Waals surface area contributed by atoms with Crippen LogP contribution in [0.15, 0.2) is 24.3 Å². The summed E-state index contributed by atoms with van der Waals surface area (Å²) in [5, 5.41) is 14.7. The van der Waals surface area contributed by atoms with E-state index in [0.717, 1.165) is 39.3 Å². The van der Waals surface area contributed by atoms with Gasteiger partial charge in [-0.05, 0) is 63.0 Å². The van der Waals surface area contributed by atoms with Crippen LogP contribution >= 0.6 is 0 Å². The van der Waals surface area contributed by atoms with Crippen LogP contribution in [-0.4, -0.2) is 38.3 Å². The summed E-state index contributed by atoms with van der Waals surface area (Å²) in [4.78, 5) is 0. The highest BCUT2D eigenvalue weighted by Gasteiger charge is 2.23. The predicted octanol–water partition coefficient (Wildman–Crippen LogP) is 2.15. The van der Waals surface area contributed by atoms with Gasteiger partial charge in [-0.2, -0.15) is 0 Å². The molecule has 2 bridgehead atoms. The van der Waals surface area contributed by atoms with Crippen LogP contribution in [0.5, 0.6) is 0 Å². The zero-order valence-electron chi connectivity index (χ0n) is 14.9. The Kier molecular flexibility index (Phi) is 7.55. The van der Waals surface area contributed by atoms with Crippen LogP contribution in [0.4, 0.5) is 0 Å². The smallest absolute Gasteiger partial charge is 0.0221 e. The summed E-state index contributed by atoms with van der Waals surface area (Å²) < 4.78 is 0. The highest BCUT2D eigenvalue weighted by molar-refractivity contribution is 5.22. The Hall–Kier alpha value is -0.940. The molecule has 1 saturated carbocycles. The summed E-state index contributed by atoms with van der Waals surface area (Å²) in [5.41, 5.74) is 2.76. The summed E-state index contributed by atoms with van der Waals surface area (Å²) in [7, 11) is 0. The summed E-state index contributed by atoms with van der Waals surface area (Å²) in [6.45, 7) is 6.36. The Labute approximate surface area is 147 Å². The monoisotopic (exact) mass is 330 g/mol. The number of hydrogen-bond donors (Lipinski definition) is 4. The zero-order chi connectivity index (χ0) is 16.5. The third-order valence-corrected chi connectivity index (χ3v) is 5.32. The average molecular weight is 331 g/mol. The van der Waals surface area contributed by atoms with Crippen LogP contribution in [0.3, 0.4) is 0 Å². The number of rotatable bonds is 0. The van der Waals surface area contributed by atoms with E-state index in [9.17, 15) is 0 Å². The van der Waals surface area contributed by atoms with E-state index in [4.69, 9.17) is 0 Å². The molecule has 0 amide bonds. The molecule has 2 atom stereocenters. The fourth-order valence-electron chi connectivity index (χ4n) is 3.86. The van der Waals surface area contributed by atoms with Crippen molar-refractivity contribution in [1.82, 2.24) is 21.3 Å². The predicted molar refractivity (Wildman–Crippen MR) is 101 cm³/mol. The van der Waals surface area contributed by atoms with Crippen LogP contribution in [0.25, 0.3) is 0 Å². The minimum absolute atomic E-state index is 0.664. The van der Waals surface area contributed by atoms with E-state index < -0.39 is 0 Å². The lowest BCUT2D eigenvalue weighted by molar-refractivity contribution is 0.282. The molecule has 1 aromatic rings. The molecule has 1 fully saturated rings. The van der Waals surface area contributed by atoms with Crippen molar-refractivity contribution < 1.29 is 0 Å². The minimum Gasteiger partial charge on any atom is -0.313 e. The molecule has 4 rings (SSSR count). The van der Waals surface area contributed by atoms with Crippen molar-refractivity contribution in [3.05, 3.63) is 35.4 Å². The molecular formula is C20H34N4. The van der Waals surface area contributed by atoms with E-state index in [-0.39, 0.29) is 0 Å². The lowest BCUT2D eigenvalue weighted by atomic mass is 9.90. The second kappa shape index (κ2) is 10.1. The van der Waals surface area contributed by atoms with Gasteiger partial charge in [-0.1, -0.05) is 37.1 Å². The maximum Gasteiger partial charge on any atom is 0.0221 e. The van der Waals surface area contributed by atoms with Crippen molar-refractivity contribution in [2.75, 3.05) is 26.2 Å². The normalized spacial score (nSPS) is 27.8. The van der Waals surface area contributed by atoms with Crippen molar-refractivity contribution in [3.8, 4) is 0 Å². The maximum absolute atomic E-state index is 3.80. The van der Waals surface area contributed by atoms with E-state index in [1.54, 1.807) is 0 Å². The largest absolute Gasteiger partial charge is 0.313 e. The van der Waals surface area contributed by atoms with E-state index >= 15 is 0 Å². The molecule has 0 aromatic heterocycles. The first-order valence-electron chi connectivity index (χ1n) is 9.88. The SMILES string of the molecule is c1cc2ccc1CNCCCN[C@@H]1CCCC[C@H]1NCCCNC2. The van der Waals surface area contributed by atoms with E-state index in [0.29, 0.717) is 12.1 Å². The standard InChI is InChI=1S/C20H34N4/c1-2-6-20-19(5-1)23-13-3-11-21-15-17-7-9-18(10-8-17)16-22-12-4-14-24-20/h7-10,19-24H,1-6,11-16H2/t19-,20-/m1/s1. The first-order valence-corrected chi connectivity index (χ1v) is 9.88. The van der Waals surface area contributed by atoms with Crippen molar-refractivity contribution in [1.29, 1.82) is 0 Å². The highest BCUT2D eigenvalue weighted by Crippen LogP contribution is 2.18. The quantitative estimate of drug-likeness (QED) is 0.589. The van der Waals surface area contributed by atoms with Gasteiger partial charge in [0, 0.05) is 25.2 Å². The third kappa shape index (κ3) is 5.85. The van der Waals surface area contributed by atoms with Crippen molar-refractivity contribution >= 4 is 0 Å². The summed E-state index contributed by atoms with van der Waals surface area (Å²) in [6.07, 6.45) is 7.82. The van der Waals surface area contributed by atoms with Gasteiger partial charge in [-0.15, -0.1) is 0 Å². The molecule has 0 unspecified atom stereocenters. The maximum atomic E-state index is 3.80. The molecule has 2 heterocycles. The number of nitrogens with one attached hydrogen (secondary N) is 4. The second-order valence-electron chi connectivity index (χ2n) is 7.28. The molecule has 4 N–H and O–H groups in total. The highest BCUT2D eigenvalue weighted by atomic mass is 15.0. The minimum atomic E-state index is 0.664. The molecule has 134 valence electrons. The van der Waals surface area contributed by atoms with Gasteiger partial charge in [0.05, 0.1) is 0 Å². The third-order valence-electron chi connectivity index (χ3n) is 5.32. The molecule has 24 heavy (non-hydrogen) atoms. The fourth-order valence-corrected chi connectivity index (χ4v) is 3.86. The number of hydrogen-bond acceptors (Lipinski definition) is 4. The number of fused-ring (bicyclic) bond motifs is 12. The van der Waals surface area contributed by atoms with Gasteiger partial charge >= 0.3 is 0 Å². The van der Waals surface area contributed by atoms with Gasteiger partial charge in [-0.3, -0.25) is 0 Å². The van der Waals surface area contributed by atoms with Gasteiger partial charge < -0.3 is 21.3 Å². The molecule has 4 heteroatoms. The van der Waals surface area contributed by atoms with E-state index in [2.05, 4.69) is 45.5 Å². The Bertz CT molecular complexity index is 416. The van der Waals surface area contributed by atoms with E-state index in [1.165, 1.54) is 49.7 Å². The van der Waals surface area contributed by atoms with Crippen molar-refractivity contribution in [2.45, 2.75) is 63.7 Å². The Morgan fingerprint density at radius 3 is 1.50 bits per heavy atom. The molecule has 1 aliphatic carbocycles. The molecule has 2 aliphatic heterocycles. The lowest BCUT2D eigenvalue weighted by Crippen LogP contribution is -2.50. The van der Waals surface area contributed by atoms with Gasteiger partial charge in [0.2, 0.25) is 0 Å². The molecule has 0 saturated heterocycles. The molecule has 1 aromatic carbocycles. The summed E-state index contributed by atoms with van der Waals surface area (Å²) in [5.74, 6) is 0. The molecule has 4 nitrogen and oxygen atoms in total. The Balaban J connectivity index is 1.52. The van der Waals surface area contributed by atoms with Crippen molar-refractivity contribution in [2.24, 2.45) is 0 Å². The van der Waals surface area contributed by atoms with Gasteiger partial charge in [0.15, 0.2) is 0 Å². The molecule has 0 radical (unpaired) electrons. The van der Waals surface area contributed by atoms with E-state index in [1.807, 2.05) is 0 Å². The summed E-state index contributed by atoms with van der Waals surface area (Å²) in [6, 6.07) is 10.3. The second-order valence-corrected chi connectivity index (χ2v) is 7.28. The molecule has 3 aliphatic rings. The Morgan fingerprint density at radius 2 is 1.04 bits per heavy atom. The number of benzene rings is 1. The topological polar surface area (TPSA) is 48.1 Å². The van der Waals surface area contributed by atoms with Crippen LogP contribution in [-0.2, 0) is 13.1 Å². The zero-order valence-corrected chi connectivity index (χ0v) is 14.9. The lowest BCUT2D eigenvalue weighted by Gasteiger charge is -2.33. The van der Waals surface area contributed by atoms with Crippen LogP contribution in [0.2, 0.25) is 0 Å². The first-order chi connectivity index (χ1) is 11.9.